The van der Waals surface area contributed by atoms with Crippen LogP contribution in [-0.4, -0.2) is 18.9 Å². The van der Waals surface area contributed by atoms with E-state index in [0.29, 0.717) is 0 Å². The highest BCUT2D eigenvalue weighted by atomic mass is 19.1. The molecule has 0 bridgehead atoms. The topological polar surface area (TPSA) is 52.6 Å². The first-order valence-corrected chi connectivity index (χ1v) is 6.62. The van der Waals surface area contributed by atoms with Gasteiger partial charge in [0.15, 0.2) is 5.78 Å². The van der Waals surface area contributed by atoms with E-state index in [-0.39, 0.29) is 23.5 Å². The predicted octanol–water partition coefficient (Wildman–Crippen LogP) is 3.39. The molecule has 0 saturated carbocycles. The van der Waals surface area contributed by atoms with Crippen molar-refractivity contribution in [3.63, 3.8) is 0 Å². The van der Waals surface area contributed by atoms with Crippen LogP contribution in [-0.2, 0) is 11.3 Å². The smallest absolute Gasteiger partial charge is 0.338 e. The number of carbonyl (C=O) groups is 2. The van der Waals surface area contributed by atoms with E-state index in [9.17, 15) is 14.0 Å². The minimum Gasteiger partial charge on any atom is -0.489 e. The van der Waals surface area contributed by atoms with Crippen molar-refractivity contribution in [2.45, 2.75) is 13.5 Å². The lowest BCUT2D eigenvalue weighted by Crippen LogP contribution is -2.11. The van der Waals surface area contributed by atoms with Gasteiger partial charge >= 0.3 is 5.97 Å². The predicted molar refractivity (Wildman–Crippen MR) is 78.5 cm³/mol. The molecular weight excluding hydrogens is 287 g/mol. The third kappa shape index (κ3) is 3.49. The molecule has 0 unspecified atom stereocenters. The summed E-state index contributed by atoms with van der Waals surface area (Å²) < 4.78 is 24.1. The summed E-state index contributed by atoms with van der Waals surface area (Å²) in [6.07, 6.45) is 0. The summed E-state index contributed by atoms with van der Waals surface area (Å²) in [5, 5.41) is 0. The molecule has 2 aromatic rings. The average Bonchev–Trinajstić information content (AvgIpc) is 2.52. The molecule has 2 aromatic carbocycles. The largest absolute Gasteiger partial charge is 0.489 e. The number of benzene rings is 2. The Hall–Kier alpha value is -2.69. The highest BCUT2D eigenvalue weighted by Gasteiger charge is 2.21. The first kappa shape index (κ1) is 15.7. The second kappa shape index (κ2) is 6.85. The number of hydrogen-bond acceptors (Lipinski definition) is 4. The van der Waals surface area contributed by atoms with Crippen LogP contribution in [0.3, 0.4) is 0 Å². The number of carbonyl (C=O) groups excluding carboxylic acids is 2. The molecule has 0 aliphatic rings. The lowest BCUT2D eigenvalue weighted by Gasteiger charge is -2.11. The van der Waals surface area contributed by atoms with Crippen LogP contribution >= 0.6 is 0 Å². The zero-order chi connectivity index (χ0) is 16.1. The number of ether oxygens (including phenoxy) is 2. The maximum absolute atomic E-state index is 14.1. The maximum Gasteiger partial charge on any atom is 0.338 e. The molecule has 0 saturated heterocycles. The first-order chi connectivity index (χ1) is 10.5. The number of Topliss-reactive ketones (excluding diaryl/α,β-unsaturated/α-hetero) is 1. The Morgan fingerprint density at radius 2 is 1.82 bits per heavy atom. The number of ketones is 1. The molecule has 0 aliphatic carbocycles. The summed E-state index contributed by atoms with van der Waals surface area (Å²) in [6, 6.07) is 11.7. The van der Waals surface area contributed by atoms with Crippen molar-refractivity contribution in [2.24, 2.45) is 0 Å². The third-order valence-electron chi connectivity index (χ3n) is 3.07. The lowest BCUT2D eigenvalue weighted by molar-refractivity contribution is 0.0595. The molecule has 0 radical (unpaired) electrons. The second-order valence-electron chi connectivity index (χ2n) is 4.65. The summed E-state index contributed by atoms with van der Waals surface area (Å²) in [5.41, 5.74) is 0.468. The summed E-state index contributed by atoms with van der Waals surface area (Å²) in [5.74, 6) is -1.98. The lowest BCUT2D eigenvalue weighted by atomic mass is 10.0. The third-order valence-corrected chi connectivity index (χ3v) is 3.07. The van der Waals surface area contributed by atoms with Gasteiger partial charge in [0.2, 0.25) is 0 Å². The van der Waals surface area contributed by atoms with E-state index in [1.54, 1.807) is 0 Å². The molecule has 0 amide bonds. The van der Waals surface area contributed by atoms with Crippen LogP contribution in [0.4, 0.5) is 4.39 Å². The van der Waals surface area contributed by atoms with Crippen molar-refractivity contribution in [1.82, 2.24) is 0 Å². The Kier molecular flexibility index (Phi) is 4.88. The van der Waals surface area contributed by atoms with E-state index < -0.39 is 17.6 Å². The molecule has 0 heterocycles. The maximum atomic E-state index is 14.1. The quantitative estimate of drug-likeness (QED) is 0.627. The van der Waals surface area contributed by atoms with Gasteiger partial charge in [0.05, 0.1) is 18.2 Å². The Labute approximate surface area is 127 Å². The average molecular weight is 302 g/mol. The molecule has 0 atom stereocenters. The van der Waals surface area contributed by atoms with Crippen LogP contribution < -0.4 is 4.74 Å². The molecule has 22 heavy (non-hydrogen) atoms. The molecule has 0 spiro atoms. The minimum atomic E-state index is -0.807. The SMILES string of the molecule is COC(=O)c1cc(OCc2ccccc2)cc(F)c1C(C)=O. The Bertz CT molecular complexity index is 695. The van der Waals surface area contributed by atoms with Crippen molar-refractivity contribution in [1.29, 1.82) is 0 Å². The van der Waals surface area contributed by atoms with E-state index in [1.165, 1.54) is 20.1 Å². The molecular formula is C17H15FO4. The summed E-state index contributed by atoms with van der Waals surface area (Å²) in [7, 11) is 1.17. The molecule has 0 N–H and O–H groups in total. The van der Waals surface area contributed by atoms with Gasteiger partial charge in [0.25, 0.3) is 0 Å². The number of halogens is 1. The normalized spacial score (nSPS) is 10.1. The summed E-state index contributed by atoms with van der Waals surface area (Å²) >= 11 is 0. The molecule has 4 nitrogen and oxygen atoms in total. The van der Waals surface area contributed by atoms with Crippen LogP contribution in [0.2, 0.25) is 0 Å². The highest BCUT2D eigenvalue weighted by Crippen LogP contribution is 2.24. The van der Waals surface area contributed by atoms with Gasteiger partial charge in [-0.25, -0.2) is 9.18 Å². The molecule has 0 aliphatic heterocycles. The fourth-order valence-electron chi connectivity index (χ4n) is 2.03. The van der Waals surface area contributed by atoms with Gasteiger partial charge in [-0.3, -0.25) is 4.79 Å². The number of rotatable bonds is 5. The number of esters is 1. The van der Waals surface area contributed by atoms with Crippen molar-refractivity contribution in [2.75, 3.05) is 7.11 Å². The Morgan fingerprint density at radius 3 is 2.41 bits per heavy atom. The van der Waals surface area contributed by atoms with Crippen molar-refractivity contribution >= 4 is 11.8 Å². The van der Waals surface area contributed by atoms with E-state index in [0.717, 1.165) is 11.6 Å². The van der Waals surface area contributed by atoms with Crippen LogP contribution in [0, 0.1) is 5.82 Å². The minimum absolute atomic E-state index is 0.141. The molecule has 5 heteroatoms. The van der Waals surface area contributed by atoms with E-state index in [4.69, 9.17) is 4.74 Å². The molecule has 2 rings (SSSR count). The van der Waals surface area contributed by atoms with E-state index in [2.05, 4.69) is 4.74 Å². The number of methoxy groups -OCH3 is 1. The van der Waals surface area contributed by atoms with Crippen LogP contribution in [0.1, 0.15) is 33.2 Å². The van der Waals surface area contributed by atoms with Crippen LogP contribution in [0.25, 0.3) is 0 Å². The summed E-state index contributed by atoms with van der Waals surface area (Å²) in [4.78, 5) is 23.2. The standard InChI is InChI=1S/C17H15FO4/c1-11(19)16-14(17(20)21-2)8-13(9-15(16)18)22-10-12-6-4-3-5-7-12/h3-9H,10H2,1-2H3. The summed E-state index contributed by atoms with van der Waals surface area (Å²) in [6.45, 7) is 1.41. The Balaban J connectivity index is 2.31. The fraction of sp³-hybridized carbons (Fsp3) is 0.176. The van der Waals surface area contributed by atoms with Crippen LogP contribution in [0.15, 0.2) is 42.5 Å². The van der Waals surface area contributed by atoms with Gasteiger partial charge in [-0.2, -0.15) is 0 Å². The zero-order valence-corrected chi connectivity index (χ0v) is 12.3. The van der Waals surface area contributed by atoms with Gasteiger partial charge in [0.1, 0.15) is 18.2 Å². The molecule has 0 aromatic heterocycles. The van der Waals surface area contributed by atoms with Gasteiger partial charge < -0.3 is 9.47 Å². The van der Waals surface area contributed by atoms with Gasteiger partial charge in [-0.1, -0.05) is 30.3 Å². The Morgan fingerprint density at radius 1 is 1.14 bits per heavy atom. The first-order valence-electron chi connectivity index (χ1n) is 6.62. The fourth-order valence-corrected chi connectivity index (χ4v) is 2.03. The molecule has 0 fully saturated rings. The van der Waals surface area contributed by atoms with Gasteiger partial charge in [0, 0.05) is 6.07 Å². The highest BCUT2D eigenvalue weighted by molar-refractivity contribution is 6.05. The van der Waals surface area contributed by atoms with Crippen molar-refractivity contribution in [3.8, 4) is 5.75 Å². The van der Waals surface area contributed by atoms with Gasteiger partial charge in [-0.05, 0) is 18.6 Å². The monoisotopic (exact) mass is 302 g/mol. The second-order valence-corrected chi connectivity index (χ2v) is 4.65. The van der Waals surface area contributed by atoms with Gasteiger partial charge in [-0.15, -0.1) is 0 Å². The van der Waals surface area contributed by atoms with Crippen molar-refractivity contribution < 1.29 is 23.5 Å². The number of hydrogen-bond donors (Lipinski definition) is 0. The zero-order valence-electron chi connectivity index (χ0n) is 12.3. The molecule has 114 valence electrons. The van der Waals surface area contributed by atoms with Crippen LogP contribution in [0.5, 0.6) is 5.75 Å². The van der Waals surface area contributed by atoms with Crippen molar-refractivity contribution in [3.05, 3.63) is 65.0 Å². The van der Waals surface area contributed by atoms with E-state index >= 15 is 0 Å². The van der Waals surface area contributed by atoms with E-state index in [1.807, 2.05) is 30.3 Å².